The van der Waals surface area contributed by atoms with Gasteiger partial charge in [-0.25, -0.2) is 0 Å². The van der Waals surface area contributed by atoms with Crippen molar-refractivity contribution >= 4 is 23.3 Å². The van der Waals surface area contributed by atoms with Crippen LogP contribution in [0, 0.1) is 0 Å². The molecule has 2 aromatic rings. The maximum absolute atomic E-state index is 4.68. The van der Waals surface area contributed by atoms with E-state index in [1.165, 1.54) is 28.9 Å². The van der Waals surface area contributed by atoms with Gasteiger partial charge in [-0.1, -0.05) is 13.0 Å². The molecule has 2 aromatic carbocycles. The van der Waals surface area contributed by atoms with Crippen LogP contribution >= 0.6 is 0 Å². The Kier molecular flexibility index (Phi) is 5.32. The minimum Gasteiger partial charge on any atom is -0.378 e. The summed E-state index contributed by atoms with van der Waals surface area (Å²) in [5, 5.41) is 0. The third kappa shape index (κ3) is 4.02. The van der Waals surface area contributed by atoms with Crippen LogP contribution in [0.4, 0.5) is 17.1 Å². The number of hydrogen-bond donors (Lipinski definition) is 0. The molecule has 0 saturated heterocycles. The average Bonchev–Trinajstić information content (AvgIpc) is 2.59. The van der Waals surface area contributed by atoms with Crippen LogP contribution in [-0.2, 0) is 0 Å². The molecule has 144 valence electrons. The second-order valence-corrected chi connectivity index (χ2v) is 8.87. The molecule has 1 heterocycles. The van der Waals surface area contributed by atoms with Gasteiger partial charge in [0.15, 0.2) is 0 Å². The normalized spacial score (nSPS) is 18.8. The molecule has 0 spiro atoms. The fourth-order valence-electron chi connectivity index (χ4n) is 4.51. The van der Waals surface area contributed by atoms with Crippen LogP contribution in [0.5, 0.6) is 0 Å². The standard InChI is InChI=1S/C24H33N3/c1-17(2)27-23-13-8-19(14-22(23)18(3)15-24(27,4)5)16-25-20-9-11-21(12-10-20)26(6)7/h8-14,16-18H,15H2,1-7H3. The van der Waals surface area contributed by atoms with E-state index >= 15 is 0 Å². The van der Waals surface area contributed by atoms with Crippen LogP contribution in [-0.4, -0.2) is 31.9 Å². The molecule has 3 heteroatoms. The summed E-state index contributed by atoms with van der Waals surface area (Å²) in [4.78, 5) is 9.35. The zero-order chi connectivity index (χ0) is 19.8. The molecule has 1 aliphatic heterocycles. The van der Waals surface area contributed by atoms with Crippen molar-refractivity contribution < 1.29 is 0 Å². The Morgan fingerprint density at radius 1 is 1.11 bits per heavy atom. The molecular weight excluding hydrogens is 330 g/mol. The summed E-state index contributed by atoms with van der Waals surface area (Å²) in [7, 11) is 4.10. The summed E-state index contributed by atoms with van der Waals surface area (Å²) in [5.74, 6) is 0.553. The monoisotopic (exact) mass is 363 g/mol. The molecule has 3 nitrogen and oxygen atoms in total. The van der Waals surface area contributed by atoms with E-state index in [-0.39, 0.29) is 5.54 Å². The zero-order valence-corrected chi connectivity index (χ0v) is 17.8. The van der Waals surface area contributed by atoms with Gasteiger partial charge >= 0.3 is 0 Å². The van der Waals surface area contributed by atoms with Crippen LogP contribution in [0.25, 0.3) is 0 Å². The summed E-state index contributed by atoms with van der Waals surface area (Å²) in [6.07, 6.45) is 3.15. The maximum atomic E-state index is 4.68. The van der Waals surface area contributed by atoms with Gasteiger partial charge in [0.1, 0.15) is 0 Å². The van der Waals surface area contributed by atoms with E-state index in [2.05, 4.69) is 91.9 Å². The first-order chi connectivity index (χ1) is 12.7. The Morgan fingerprint density at radius 3 is 2.37 bits per heavy atom. The van der Waals surface area contributed by atoms with Crippen LogP contribution in [0.1, 0.15) is 58.1 Å². The van der Waals surface area contributed by atoms with E-state index < -0.39 is 0 Å². The highest BCUT2D eigenvalue weighted by Crippen LogP contribution is 2.44. The quantitative estimate of drug-likeness (QED) is 0.620. The van der Waals surface area contributed by atoms with Gasteiger partial charge in [-0.2, -0.15) is 0 Å². The number of hydrogen-bond acceptors (Lipinski definition) is 3. The highest BCUT2D eigenvalue weighted by atomic mass is 15.2. The molecule has 0 saturated carbocycles. The molecule has 0 bridgehead atoms. The fraction of sp³-hybridized carbons (Fsp3) is 0.458. The SMILES string of the molecule is CC1CC(C)(C)N(C(C)C)c2ccc(C=Nc3ccc(N(C)C)cc3)cc21. The topological polar surface area (TPSA) is 18.8 Å². The van der Waals surface area contributed by atoms with E-state index in [1.807, 2.05) is 20.3 Å². The van der Waals surface area contributed by atoms with Crippen LogP contribution < -0.4 is 9.80 Å². The summed E-state index contributed by atoms with van der Waals surface area (Å²) < 4.78 is 0. The number of aliphatic imine (C=N–C) groups is 1. The first kappa shape index (κ1) is 19.5. The Bertz CT molecular complexity index is 816. The van der Waals surface area contributed by atoms with Crippen LogP contribution in [0.15, 0.2) is 47.5 Å². The minimum absolute atomic E-state index is 0.185. The predicted molar refractivity (Wildman–Crippen MR) is 119 cm³/mol. The Labute approximate surface area is 164 Å². The Balaban J connectivity index is 1.88. The molecule has 27 heavy (non-hydrogen) atoms. The van der Waals surface area contributed by atoms with Gasteiger partial charge < -0.3 is 9.80 Å². The molecule has 0 amide bonds. The lowest BCUT2D eigenvalue weighted by Gasteiger charge is -2.50. The first-order valence-corrected chi connectivity index (χ1v) is 9.94. The van der Waals surface area contributed by atoms with Crippen molar-refractivity contribution in [2.75, 3.05) is 23.9 Å². The number of benzene rings is 2. The van der Waals surface area contributed by atoms with Gasteiger partial charge in [0.2, 0.25) is 0 Å². The molecular formula is C24H33N3. The smallest absolute Gasteiger partial charge is 0.0631 e. The number of nitrogens with zero attached hydrogens (tertiary/aromatic N) is 3. The molecule has 1 aliphatic rings. The highest BCUT2D eigenvalue weighted by molar-refractivity contribution is 5.84. The fourth-order valence-corrected chi connectivity index (χ4v) is 4.51. The van der Waals surface area contributed by atoms with Crippen molar-refractivity contribution in [3.8, 4) is 0 Å². The number of fused-ring (bicyclic) bond motifs is 1. The molecule has 0 aromatic heterocycles. The van der Waals surface area contributed by atoms with Gasteiger partial charge in [-0.15, -0.1) is 0 Å². The third-order valence-corrected chi connectivity index (χ3v) is 5.55. The minimum atomic E-state index is 0.185. The van der Waals surface area contributed by atoms with Crippen molar-refractivity contribution in [1.29, 1.82) is 0 Å². The molecule has 0 N–H and O–H groups in total. The lowest BCUT2D eigenvalue weighted by molar-refractivity contribution is 0.356. The highest BCUT2D eigenvalue weighted by Gasteiger charge is 2.37. The van der Waals surface area contributed by atoms with Gasteiger partial charge in [0.25, 0.3) is 0 Å². The first-order valence-electron chi connectivity index (χ1n) is 9.94. The molecule has 0 aliphatic carbocycles. The lowest BCUT2D eigenvalue weighted by Crippen LogP contribution is -2.51. The van der Waals surface area contributed by atoms with Crippen molar-refractivity contribution in [3.05, 3.63) is 53.6 Å². The van der Waals surface area contributed by atoms with E-state index in [9.17, 15) is 0 Å². The van der Waals surface area contributed by atoms with Crippen LogP contribution in [0.3, 0.4) is 0 Å². The predicted octanol–water partition coefficient (Wildman–Crippen LogP) is 6.00. The van der Waals surface area contributed by atoms with Gasteiger partial charge in [0, 0.05) is 43.3 Å². The second kappa shape index (κ2) is 7.38. The molecule has 1 atom stereocenters. The average molecular weight is 364 g/mol. The van der Waals surface area contributed by atoms with E-state index in [1.54, 1.807) is 0 Å². The van der Waals surface area contributed by atoms with E-state index in [0.29, 0.717) is 12.0 Å². The molecule has 0 fully saturated rings. The number of rotatable bonds is 4. The Hall–Kier alpha value is -2.29. The molecule has 3 rings (SSSR count). The van der Waals surface area contributed by atoms with Crippen molar-refractivity contribution in [3.63, 3.8) is 0 Å². The van der Waals surface area contributed by atoms with Crippen molar-refractivity contribution in [2.45, 2.75) is 58.5 Å². The lowest BCUT2D eigenvalue weighted by atomic mass is 9.79. The summed E-state index contributed by atoms with van der Waals surface area (Å²) in [5.41, 5.74) is 6.34. The molecule has 1 unspecified atom stereocenters. The zero-order valence-electron chi connectivity index (χ0n) is 17.8. The third-order valence-electron chi connectivity index (χ3n) is 5.55. The van der Waals surface area contributed by atoms with Crippen molar-refractivity contribution in [1.82, 2.24) is 0 Å². The largest absolute Gasteiger partial charge is 0.378 e. The second-order valence-electron chi connectivity index (χ2n) is 8.87. The van der Waals surface area contributed by atoms with Crippen molar-refractivity contribution in [2.24, 2.45) is 4.99 Å². The van der Waals surface area contributed by atoms with Gasteiger partial charge in [-0.3, -0.25) is 4.99 Å². The van der Waals surface area contributed by atoms with Gasteiger partial charge in [-0.05, 0) is 87.6 Å². The maximum Gasteiger partial charge on any atom is 0.0631 e. The van der Waals surface area contributed by atoms with E-state index in [0.717, 1.165) is 5.69 Å². The van der Waals surface area contributed by atoms with E-state index in [4.69, 9.17) is 0 Å². The summed E-state index contributed by atoms with van der Waals surface area (Å²) in [6, 6.07) is 15.6. The summed E-state index contributed by atoms with van der Waals surface area (Å²) in [6.45, 7) is 11.6. The number of anilines is 2. The molecule has 0 radical (unpaired) electrons. The van der Waals surface area contributed by atoms with Gasteiger partial charge in [0.05, 0.1) is 5.69 Å². The van der Waals surface area contributed by atoms with Crippen LogP contribution in [0.2, 0.25) is 0 Å². The Morgan fingerprint density at radius 2 is 1.78 bits per heavy atom. The summed E-state index contributed by atoms with van der Waals surface area (Å²) >= 11 is 0.